The molecule has 128 valence electrons. The molecule has 0 spiro atoms. The zero-order chi connectivity index (χ0) is 17.3. The van der Waals surface area contributed by atoms with E-state index in [0.29, 0.717) is 47.6 Å². The Balaban J connectivity index is 2.16. The van der Waals surface area contributed by atoms with Gasteiger partial charge in [-0.05, 0) is 31.0 Å². The van der Waals surface area contributed by atoms with E-state index in [9.17, 15) is 9.90 Å². The van der Waals surface area contributed by atoms with Crippen LogP contribution in [0.1, 0.15) is 35.0 Å². The topological polar surface area (TPSA) is 88.7 Å². The van der Waals surface area contributed by atoms with E-state index in [2.05, 4.69) is 9.88 Å². The van der Waals surface area contributed by atoms with E-state index < -0.39 is 12.1 Å². The number of ether oxygens (including phenoxy) is 1. The Morgan fingerprint density at radius 3 is 2.83 bits per heavy atom. The first-order valence-electron chi connectivity index (χ1n) is 7.84. The number of hydrogen-bond donors (Lipinski definition) is 2. The fraction of sp³-hybridized carbons (Fsp3) is 0.412. The lowest BCUT2D eigenvalue weighted by Gasteiger charge is -2.36. The van der Waals surface area contributed by atoms with Crippen LogP contribution in [0.15, 0.2) is 24.4 Å². The van der Waals surface area contributed by atoms with Gasteiger partial charge in [0.1, 0.15) is 6.23 Å². The zero-order valence-corrected chi connectivity index (χ0v) is 14.2. The molecule has 1 atom stereocenters. The van der Waals surface area contributed by atoms with E-state index in [1.54, 1.807) is 25.4 Å². The van der Waals surface area contributed by atoms with Gasteiger partial charge in [-0.3, -0.25) is 14.7 Å². The molecule has 7 heteroatoms. The standard InChI is InChI=1S/C17H20ClN3O3/c1-24-17(21-7-4-10(22)5-8-21)14-12(16(19)23)9-13(18)11-3-2-6-20-15(11)14/h2-3,6,9-10,17,22H,4-5,7-8H2,1H3,(H2,19,23). The van der Waals surface area contributed by atoms with E-state index in [1.807, 2.05) is 6.07 Å². The number of pyridine rings is 1. The summed E-state index contributed by atoms with van der Waals surface area (Å²) in [7, 11) is 1.59. The van der Waals surface area contributed by atoms with Crippen molar-refractivity contribution in [1.82, 2.24) is 9.88 Å². The van der Waals surface area contributed by atoms with Gasteiger partial charge in [-0.15, -0.1) is 0 Å². The van der Waals surface area contributed by atoms with Crippen LogP contribution < -0.4 is 5.73 Å². The molecule has 1 aliphatic rings. The fourth-order valence-corrected chi connectivity index (χ4v) is 3.51. The normalized spacial score (nSPS) is 18.0. The quantitative estimate of drug-likeness (QED) is 0.882. The van der Waals surface area contributed by atoms with Crippen molar-refractivity contribution < 1.29 is 14.6 Å². The van der Waals surface area contributed by atoms with Crippen LogP contribution in [0.4, 0.5) is 0 Å². The average Bonchev–Trinajstić information content (AvgIpc) is 2.58. The Bertz CT molecular complexity index is 760. The molecule has 1 unspecified atom stereocenters. The predicted molar refractivity (Wildman–Crippen MR) is 91.8 cm³/mol. The van der Waals surface area contributed by atoms with Crippen LogP contribution in [0.5, 0.6) is 0 Å². The third-order valence-corrected chi connectivity index (χ3v) is 4.76. The lowest BCUT2D eigenvalue weighted by molar-refractivity contribution is -0.0604. The summed E-state index contributed by atoms with van der Waals surface area (Å²) in [6, 6.07) is 5.22. The number of amides is 1. The Morgan fingerprint density at radius 2 is 2.21 bits per heavy atom. The Hall–Kier alpha value is -1.73. The summed E-state index contributed by atoms with van der Waals surface area (Å²) in [5, 5.41) is 10.9. The molecular formula is C17H20ClN3O3. The Morgan fingerprint density at radius 1 is 1.50 bits per heavy atom. The van der Waals surface area contributed by atoms with E-state index >= 15 is 0 Å². The summed E-state index contributed by atoms with van der Waals surface area (Å²) in [4.78, 5) is 18.5. The summed E-state index contributed by atoms with van der Waals surface area (Å²) in [6.07, 6.45) is 2.19. The second-order valence-electron chi connectivity index (χ2n) is 5.94. The molecule has 6 nitrogen and oxygen atoms in total. The minimum Gasteiger partial charge on any atom is -0.393 e. The summed E-state index contributed by atoms with van der Waals surface area (Å²) < 4.78 is 5.70. The third kappa shape index (κ3) is 3.10. The maximum atomic E-state index is 12.0. The van der Waals surface area contributed by atoms with Gasteiger partial charge >= 0.3 is 0 Å². The first-order valence-corrected chi connectivity index (χ1v) is 8.22. The molecule has 2 heterocycles. The number of nitrogens with zero attached hydrogens (tertiary/aromatic N) is 2. The first-order chi connectivity index (χ1) is 11.5. The number of aliphatic hydroxyl groups is 1. The van der Waals surface area contributed by atoms with Crippen LogP contribution in [0.2, 0.25) is 5.02 Å². The third-order valence-electron chi connectivity index (χ3n) is 4.45. The molecule has 1 aliphatic heterocycles. The van der Waals surface area contributed by atoms with Gasteiger partial charge in [-0.1, -0.05) is 11.6 Å². The van der Waals surface area contributed by atoms with Crippen molar-refractivity contribution in [2.75, 3.05) is 20.2 Å². The molecule has 1 aromatic heterocycles. The van der Waals surface area contributed by atoms with Crippen LogP contribution in [0.25, 0.3) is 10.9 Å². The number of carbonyl (C=O) groups is 1. The van der Waals surface area contributed by atoms with Gasteiger partial charge in [0, 0.05) is 42.9 Å². The highest BCUT2D eigenvalue weighted by Crippen LogP contribution is 2.35. The van der Waals surface area contributed by atoms with E-state index in [4.69, 9.17) is 22.1 Å². The van der Waals surface area contributed by atoms with Crippen molar-refractivity contribution in [1.29, 1.82) is 0 Å². The lowest BCUT2D eigenvalue weighted by atomic mass is 9.98. The average molecular weight is 350 g/mol. The Labute approximate surface area is 145 Å². The van der Waals surface area contributed by atoms with Crippen molar-refractivity contribution in [3.05, 3.63) is 40.5 Å². The van der Waals surface area contributed by atoms with Crippen LogP contribution in [-0.2, 0) is 4.74 Å². The van der Waals surface area contributed by atoms with Gasteiger partial charge in [0.05, 0.1) is 16.6 Å². The van der Waals surface area contributed by atoms with Gasteiger partial charge in [0.2, 0.25) is 5.91 Å². The van der Waals surface area contributed by atoms with E-state index in [1.165, 1.54) is 0 Å². The highest BCUT2D eigenvalue weighted by molar-refractivity contribution is 6.36. The number of fused-ring (bicyclic) bond motifs is 1. The zero-order valence-electron chi connectivity index (χ0n) is 13.4. The molecule has 1 aromatic carbocycles. The van der Waals surface area contributed by atoms with Crippen LogP contribution >= 0.6 is 11.6 Å². The molecule has 0 saturated carbocycles. The van der Waals surface area contributed by atoms with Crippen LogP contribution in [0.3, 0.4) is 0 Å². The van der Waals surface area contributed by atoms with Crippen LogP contribution in [0, 0.1) is 0 Å². The molecule has 1 fully saturated rings. The lowest BCUT2D eigenvalue weighted by Crippen LogP contribution is -2.40. The monoisotopic (exact) mass is 349 g/mol. The number of rotatable bonds is 4. The number of likely N-dealkylation sites (tertiary alicyclic amines) is 1. The second kappa shape index (κ2) is 7.03. The van der Waals surface area contributed by atoms with Gasteiger partial charge in [-0.2, -0.15) is 0 Å². The number of aliphatic hydroxyl groups excluding tert-OH is 1. The maximum Gasteiger partial charge on any atom is 0.249 e. The summed E-state index contributed by atoms with van der Waals surface area (Å²) in [5.41, 5.74) is 7.12. The minimum atomic E-state index is -0.571. The van der Waals surface area contributed by atoms with E-state index in [0.717, 1.165) is 5.39 Å². The number of aromatic nitrogens is 1. The summed E-state index contributed by atoms with van der Waals surface area (Å²) >= 11 is 6.30. The summed E-state index contributed by atoms with van der Waals surface area (Å²) in [6.45, 7) is 1.32. The molecule has 0 radical (unpaired) electrons. The maximum absolute atomic E-state index is 12.0. The summed E-state index contributed by atoms with van der Waals surface area (Å²) in [5.74, 6) is -0.571. The first kappa shape index (κ1) is 17.1. The van der Waals surface area contributed by atoms with Crippen molar-refractivity contribution in [2.24, 2.45) is 5.73 Å². The Kier molecular flexibility index (Phi) is 5.01. The number of nitrogens with two attached hydrogens (primary N) is 1. The highest BCUT2D eigenvalue weighted by Gasteiger charge is 2.30. The van der Waals surface area contributed by atoms with Crippen molar-refractivity contribution in [3.8, 4) is 0 Å². The molecule has 0 aliphatic carbocycles. The molecule has 1 amide bonds. The largest absolute Gasteiger partial charge is 0.393 e. The number of hydrogen-bond acceptors (Lipinski definition) is 5. The minimum absolute atomic E-state index is 0.297. The number of primary amides is 1. The van der Waals surface area contributed by atoms with Gasteiger partial charge < -0.3 is 15.6 Å². The van der Waals surface area contributed by atoms with Gasteiger partial charge in [-0.25, -0.2) is 0 Å². The highest BCUT2D eigenvalue weighted by atomic mass is 35.5. The molecule has 1 saturated heterocycles. The smallest absolute Gasteiger partial charge is 0.249 e. The van der Waals surface area contributed by atoms with Gasteiger partial charge in [0.15, 0.2) is 0 Å². The van der Waals surface area contributed by atoms with Crippen LogP contribution in [-0.4, -0.2) is 47.2 Å². The number of piperidine rings is 1. The van der Waals surface area contributed by atoms with E-state index in [-0.39, 0.29) is 6.10 Å². The number of benzene rings is 1. The molecule has 2 aromatic rings. The number of halogens is 1. The van der Waals surface area contributed by atoms with Crippen molar-refractivity contribution >= 4 is 28.4 Å². The molecule has 3 rings (SSSR count). The number of carbonyl (C=O) groups excluding carboxylic acids is 1. The van der Waals surface area contributed by atoms with Crippen molar-refractivity contribution in [3.63, 3.8) is 0 Å². The number of methoxy groups -OCH3 is 1. The predicted octanol–water partition coefficient (Wildman–Crippen LogP) is 2.09. The molecule has 3 N–H and O–H groups in total. The van der Waals surface area contributed by atoms with Crippen molar-refractivity contribution in [2.45, 2.75) is 25.2 Å². The second-order valence-corrected chi connectivity index (χ2v) is 6.35. The van der Waals surface area contributed by atoms with Gasteiger partial charge in [0.25, 0.3) is 0 Å². The fourth-order valence-electron chi connectivity index (χ4n) is 3.25. The molecule has 24 heavy (non-hydrogen) atoms. The SMILES string of the molecule is COC(c1c(C(N)=O)cc(Cl)c2cccnc12)N1CCC(O)CC1. The molecular weight excluding hydrogens is 330 g/mol. The molecule has 0 bridgehead atoms.